The molecule has 1 atom stereocenters. The van der Waals surface area contributed by atoms with Gasteiger partial charge in [-0.25, -0.2) is 0 Å². The fourth-order valence-electron chi connectivity index (χ4n) is 4.30. The Hall–Kier alpha value is -0.700. The molecule has 3 saturated heterocycles. The molecule has 0 aromatic rings. The Morgan fingerprint density at radius 1 is 0.960 bits per heavy atom. The van der Waals surface area contributed by atoms with Gasteiger partial charge in [-0.2, -0.15) is 17.0 Å². The summed E-state index contributed by atoms with van der Waals surface area (Å²) in [6.07, 6.45) is 5.38. The summed E-state index contributed by atoms with van der Waals surface area (Å²) >= 11 is 0. The summed E-state index contributed by atoms with van der Waals surface area (Å²) in [5, 5.41) is 0. The van der Waals surface area contributed by atoms with Crippen LogP contribution in [0.1, 0.15) is 38.5 Å². The second-order valence-corrected chi connectivity index (χ2v) is 9.46. The minimum absolute atomic E-state index is 0.00727. The fourth-order valence-corrected chi connectivity index (χ4v) is 6.06. The van der Waals surface area contributed by atoms with Crippen molar-refractivity contribution in [2.45, 2.75) is 38.5 Å². The maximum absolute atomic E-state index is 12.9. The summed E-state index contributed by atoms with van der Waals surface area (Å²) in [7, 11) is -1.76. The van der Waals surface area contributed by atoms with E-state index >= 15 is 0 Å². The Kier molecular flexibility index (Phi) is 6.35. The van der Waals surface area contributed by atoms with Gasteiger partial charge in [-0.3, -0.25) is 4.79 Å². The summed E-state index contributed by atoms with van der Waals surface area (Å²) in [5.74, 6) is 0.502. The molecule has 0 radical (unpaired) electrons. The molecule has 0 saturated carbocycles. The molecule has 25 heavy (non-hydrogen) atoms. The average Bonchev–Trinajstić information content (AvgIpc) is 3.16. The molecule has 0 spiro atoms. The normalized spacial score (nSPS) is 27.7. The van der Waals surface area contributed by atoms with Crippen LogP contribution in [-0.4, -0.2) is 80.8 Å². The summed E-state index contributed by atoms with van der Waals surface area (Å²) in [4.78, 5) is 14.5. The molecule has 3 fully saturated rings. The zero-order valence-electron chi connectivity index (χ0n) is 15.2. The predicted octanol–water partition coefficient (Wildman–Crippen LogP) is 0.924. The van der Waals surface area contributed by atoms with Crippen LogP contribution in [0, 0.1) is 11.8 Å². The van der Waals surface area contributed by atoms with Gasteiger partial charge in [0, 0.05) is 52.3 Å². The number of hydrogen-bond donors (Lipinski definition) is 0. The van der Waals surface area contributed by atoms with Gasteiger partial charge in [-0.05, 0) is 44.4 Å². The fraction of sp³-hybridized carbons (Fsp3) is 0.941. The Labute approximate surface area is 151 Å². The van der Waals surface area contributed by atoms with Crippen molar-refractivity contribution in [2.75, 3.05) is 53.0 Å². The van der Waals surface area contributed by atoms with Gasteiger partial charge in [0.1, 0.15) is 0 Å². The minimum atomic E-state index is -3.42. The highest BCUT2D eigenvalue weighted by molar-refractivity contribution is 7.86. The number of rotatable bonds is 5. The number of ether oxygens (including phenoxy) is 1. The number of methoxy groups -OCH3 is 1. The molecule has 0 N–H and O–H groups in total. The first-order chi connectivity index (χ1) is 12.0. The highest BCUT2D eigenvalue weighted by Crippen LogP contribution is 2.27. The molecule has 144 valence electrons. The molecular formula is C17H31N3O4S. The lowest BCUT2D eigenvalue weighted by Gasteiger charge is -2.38. The van der Waals surface area contributed by atoms with Crippen molar-refractivity contribution >= 4 is 16.1 Å². The van der Waals surface area contributed by atoms with Crippen LogP contribution in [0.3, 0.4) is 0 Å². The molecule has 0 bridgehead atoms. The van der Waals surface area contributed by atoms with Crippen molar-refractivity contribution in [3.8, 4) is 0 Å². The Morgan fingerprint density at radius 2 is 1.64 bits per heavy atom. The maximum Gasteiger partial charge on any atom is 0.281 e. The molecular weight excluding hydrogens is 342 g/mol. The zero-order valence-corrected chi connectivity index (χ0v) is 16.0. The predicted molar refractivity (Wildman–Crippen MR) is 95.2 cm³/mol. The van der Waals surface area contributed by atoms with Gasteiger partial charge < -0.3 is 9.64 Å². The zero-order chi connectivity index (χ0) is 17.9. The van der Waals surface area contributed by atoms with Crippen LogP contribution < -0.4 is 0 Å². The van der Waals surface area contributed by atoms with E-state index in [1.807, 2.05) is 4.90 Å². The van der Waals surface area contributed by atoms with Gasteiger partial charge in [-0.15, -0.1) is 0 Å². The summed E-state index contributed by atoms with van der Waals surface area (Å²) in [6, 6.07) is 0. The summed E-state index contributed by atoms with van der Waals surface area (Å²) in [6.45, 7) is 4.39. The molecule has 3 aliphatic heterocycles. The standard InChI is InChI=1S/C17H31N3O4S/c1-24-14-15-5-4-10-20(13-15)25(22,23)19-11-6-16(7-12-19)17(21)18-8-2-3-9-18/h15-16H,2-14H2,1H3. The van der Waals surface area contributed by atoms with Gasteiger partial charge in [-0.1, -0.05) is 0 Å². The Bertz CT molecular complexity index is 552. The van der Waals surface area contributed by atoms with Gasteiger partial charge in [0.05, 0.1) is 6.61 Å². The number of carbonyl (C=O) groups is 1. The van der Waals surface area contributed by atoms with E-state index in [0.29, 0.717) is 45.6 Å². The molecule has 3 rings (SSSR count). The van der Waals surface area contributed by atoms with E-state index in [1.54, 1.807) is 15.7 Å². The van der Waals surface area contributed by atoms with E-state index in [4.69, 9.17) is 4.74 Å². The Balaban J connectivity index is 1.55. The number of amides is 1. The first-order valence-corrected chi connectivity index (χ1v) is 10.9. The number of carbonyl (C=O) groups excluding carboxylic acids is 1. The van der Waals surface area contributed by atoms with Gasteiger partial charge in [0.15, 0.2) is 0 Å². The highest BCUT2D eigenvalue weighted by atomic mass is 32.2. The van der Waals surface area contributed by atoms with E-state index in [9.17, 15) is 13.2 Å². The second kappa shape index (κ2) is 8.33. The van der Waals surface area contributed by atoms with Crippen molar-refractivity contribution in [3.05, 3.63) is 0 Å². The topological polar surface area (TPSA) is 70.2 Å². The molecule has 7 nitrogen and oxygen atoms in total. The molecule has 0 aliphatic carbocycles. The van der Waals surface area contributed by atoms with Crippen LogP contribution in [0.2, 0.25) is 0 Å². The molecule has 3 heterocycles. The molecule has 1 amide bonds. The molecule has 3 aliphatic rings. The first-order valence-electron chi connectivity index (χ1n) is 9.55. The van der Waals surface area contributed by atoms with Crippen LogP contribution in [0.15, 0.2) is 0 Å². The van der Waals surface area contributed by atoms with E-state index < -0.39 is 10.2 Å². The minimum Gasteiger partial charge on any atom is -0.384 e. The number of piperidine rings is 2. The third-order valence-corrected chi connectivity index (χ3v) is 7.76. The lowest BCUT2D eigenvalue weighted by atomic mass is 9.97. The highest BCUT2D eigenvalue weighted by Gasteiger charge is 2.38. The van der Waals surface area contributed by atoms with Crippen LogP contribution >= 0.6 is 0 Å². The molecule has 0 aromatic carbocycles. The first kappa shape index (κ1) is 19.1. The molecule has 0 aromatic heterocycles. The van der Waals surface area contributed by atoms with Crippen LogP contribution in [0.5, 0.6) is 0 Å². The molecule has 1 unspecified atom stereocenters. The lowest BCUT2D eigenvalue weighted by Crippen LogP contribution is -2.51. The van der Waals surface area contributed by atoms with Crippen molar-refractivity contribution in [2.24, 2.45) is 11.8 Å². The smallest absolute Gasteiger partial charge is 0.281 e. The SMILES string of the molecule is COCC1CCCN(S(=O)(=O)N2CCC(C(=O)N3CCCC3)CC2)C1. The summed E-state index contributed by atoms with van der Waals surface area (Å²) in [5.41, 5.74) is 0. The third kappa shape index (κ3) is 4.35. The van der Waals surface area contributed by atoms with Crippen molar-refractivity contribution < 1.29 is 17.9 Å². The van der Waals surface area contributed by atoms with Crippen molar-refractivity contribution in [3.63, 3.8) is 0 Å². The van der Waals surface area contributed by atoms with E-state index in [0.717, 1.165) is 38.8 Å². The van der Waals surface area contributed by atoms with E-state index in [1.165, 1.54) is 0 Å². The largest absolute Gasteiger partial charge is 0.384 e. The second-order valence-electron chi connectivity index (χ2n) is 7.54. The summed E-state index contributed by atoms with van der Waals surface area (Å²) < 4.78 is 34.3. The quantitative estimate of drug-likeness (QED) is 0.719. The molecule has 8 heteroatoms. The van der Waals surface area contributed by atoms with E-state index in [-0.39, 0.29) is 17.7 Å². The number of likely N-dealkylation sites (tertiary alicyclic amines) is 1. The van der Waals surface area contributed by atoms with Crippen LogP contribution in [0.4, 0.5) is 0 Å². The third-order valence-electron chi connectivity index (χ3n) is 5.76. The lowest BCUT2D eigenvalue weighted by molar-refractivity contribution is -0.135. The van der Waals surface area contributed by atoms with Crippen LogP contribution in [-0.2, 0) is 19.7 Å². The average molecular weight is 374 g/mol. The van der Waals surface area contributed by atoms with Gasteiger partial charge >= 0.3 is 0 Å². The van der Waals surface area contributed by atoms with Gasteiger partial charge in [0.25, 0.3) is 10.2 Å². The van der Waals surface area contributed by atoms with Gasteiger partial charge in [0.2, 0.25) is 5.91 Å². The van der Waals surface area contributed by atoms with Crippen molar-refractivity contribution in [1.29, 1.82) is 0 Å². The monoisotopic (exact) mass is 373 g/mol. The maximum atomic E-state index is 12.9. The number of nitrogens with zero attached hydrogens (tertiary/aromatic N) is 3. The van der Waals surface area contributed by atoms with Crippen molar-refractivity contribution in [1.82, 2.24) is 13.5 Å². The van der Waals surface area contributed by atoms with Crippen LogP contribution in [0.25, 0.3) is 0 Å². The number of hydrogen-bond acceptors (Lipinski definition) is 4. The van der Waals surface area contributed by atoms with E-state index in [2.05, 4.69) is 0 Å². The Morgan fingerprint density at radius 3 is 2.28 bits per heavy atom.